The van der Waals surface area contributed by atoms with Gasteiger partial charge in [0.05, 0.1) is 15.9 Å². The van der Waals surface area contributed by atoms with Gasteiger partial charge >= 0.3 is 0 Å². The number of halogens is 1. The van der Waals surface area contributed by atoms with Crippen molar-refractivity contribution >= 4 is 38.7 Å². The molecule has 0 aromatic heterocycles. The Kier molecular flexibility index (Phi) is 4.18. The van der Waals surface area contributed by atoms with E-state index >= 15 is 0 Å². The average molecular weight is 352 g/mol. The summed E-state index contributed by atoms with van der Waals surface area (Å²) in [5.41, 5.74) is 1.20. The van der Waals surface area contributed by atoms with Gasteiger partial charge in [0.25, 0.3) is 11.4 Å². The standard InChI is InChI=1S/C13H10BrN3O4/c1-8-2-3-9(6-11(8)14)15-12-5-4-10(16(18)19)7-13(12)17(20)21/h2-7,15H,1H3. The van der Waals surface area contributed by atoms with Crippen LogP contribution in [-0.2, 0) is 0 Å². The first-order valence-electron chi connectivity index (χ1n) is 5.84. The van der Waals surface area contributed by atoms with E-state index in [1.54, 1.807) is 12.1 Å². The van der Waals surface area contributed by atoms with E-state index in [1.807, 2.05) is 13.0 Å². The molecule has 0 heterocycles. The Morgan fingerprint density at radius 1 is 1.05 bits per heavy atom. The van der Waals surface area contributed by atoms with Crippen LogP contribution in [0.3, 0.4) is 0 Å². The molecule has 2 aromatic carbocycles. The molecule has 7 nitrogen and oxygen atoms in total. The topological polar surface area (TPSA) is 98.3 Å². The number of hydrogen-bond donors (Lipinski definition) is 1. The third-order valence-corrected chi connectivity index (χ3v) is 3.69. The number of anilines is 2. The largest absolute Gasteiger partial charge is 0.350 e. The molecule has 0 atom stereocenters. The van der Waals surface area contributed by atoms with Crippen LogP contribution >= 0.6 is 15.9 Å². The Bertz CT molecular complexity index is 733. The zero-order valence-electron chi connectivity index (χ0n) is 10.9. The van der Waals surface area contributed by atoms with Crippen molar-refractivity contribution in [2.75, 3.05) is 5.32 Å². The summed E-state index contributed by atoms with van der Waals surface area (Å²) in [7, 11) is 0. The first kappa shape index (κ1) is 14.9. The Morgan fingerprint density at radius 2 is 1.76 bits per heavy atom. The quantitative estimate of drug-likeness (QED) is 0.653. The molecule has 0 saturated carbocycles. The number of nitro benzene ring substituents is 2. The van der Waals surface area contributed by atoms with Gasteiger partial charge in [0.2, 0.25) is 0 Å². The van der Waals surface area contributed by atoms with Crippen molar-refractivity contribution in [3.05, 3.63) is 66.7 Å². The maximum Gasteiger partial charge on any atom is 0.299 e. The molecule has 0 aliphatic carbocycles. The Morgan fingerprint density at radius 3 is 2.33 bits per heavy atom. The van der Waals surface area contributed by atoms with Crippen LogP contribution in [0.5, 0.6) is 0 Å². The maximum atomic E-state index is 11.0. The summed E-state index contributed by atoms with van der Waals surface area (Å²) in [5, 5.41) is 24.6. The number of benzene rings is 2. The normalized spacial score (nSPS) is 10.2. The van der Waals surface area contributed by atoms with Crippen LogP contribution in [0.25, 0.3) is 0 Å². The van der Waals surface area contributed by atoms with Crippen molar-refractivity contribution in [2.24, 2.45) is 0 Å². The van der Waals surface area contributed by atoms with Crippen LogP contribution in [0.15, 0.2) is 40.9 Å². The van der Waals surface area contributed by atoms with E-state index in [4.69, 9.17) is 0 Å². The summed E-state index contributed by atoms with van der Waals surface area (Å²) in [6.07, 6.45) is 0. The lowest BCUT2D eigenvalue weighted by molar-refractivity contribution is -0.393. The van der Waals surface area contributed by atoms with Gasteiger partial charge in [-0.2, -0.15) is 0 Å². The fourth-order valence-corrected chi connectivity index (χ4v) is 2.10. The predicted octanol–water partition coefficient (Wildman–Crippen LogP) is 4.32. The van der Waals surface area contributed by atoms with Crippen molar-refractivity contribution < 1.29 is 9.85 Å². The molecule has 0 saturated heterocycles. The SMILES string of the molecule is Cc1ccc(Nc2ccc([N+](=O)[O-])cc2[N+](=O)[O-])cc1Br. The predicted molar refractivity (Wildman–Crippen MR) is 81.9 cm³/mol. The highest BCUT2D eigenvalue weighted by Crippen LogP contribution is 2.32. The van der Waals surface area contributed by atoms with Gasteiger partial charge in [-0.25, -0.2) is 0 Å². The maximum absolute atomic E-state index is 11.0. The van der Waals surface area contributed by atoms with Crippen molar-refractivity contribution in [2.45, 2.75) is 6.92 Å². The summed E-state index contributed by atoms with van der Waals surface area (Å²) in [6, 6.07) is 8.88. The first-order chi connectivity index (χ1) is 9.88. The van der Waals surface area contributed by atoms with Gasteiger partial charge in [-0.3, -0.25) is 20.2 Å². The Balaban J connectivity index is 2.41. The van der Waals surface area contributed by atoms with Crippen LogP contribution in [0.2, 0.25) is 0 Å². The van der Waals surface area contributed by atoms with E-state index in [0.717, 1.165) is 16.1 Å². The molecule has 0 amide bonds. The molecule has 0 fully saturated rings. The monoisotopic (exact) mass is 351 g/mol. The smallest absolute Gasteiger partial charge is 0.299 e. The van der Waals surface area contributed by atoms with Gasteiger partial charge in [0.15, 0.2) is 0 Å². The number of nitrogens with one attached hydrogen (secondary N) is 1. The number of nitrogens with zero attached hydrogens (tertiary/aromatic N) is 2. The van der Waals surface area contributed by atoms with Crippen molar-refractivity contribution in [1.82, 2.24) is 0 Å². The van der Waals surface area contributed by atoms with E-state index < -0.39 is 9.85 Å². The number of non-ortho nitro benzene ring substituents is 1. The molecule has 0 bridgehead atoms. The summed E-state index contributed by atoms with van der Waals surface area (Å²) < 4.78 is 0.858. The lowest BCUT2D eigenvalue weighted by Gasteiger charge is -2.08. The second-order valence-corrected chi connectivity index (χ2v) is 5.16. The van der Waals surface area contributed by atoms with Gasteiger partial charge in [0.1, 0.15) is 5.69 Å². The van der Waals surface area contributed by atoms with Crippen LogP contribution in [0.1, 0.15) is 5.56 Å². The van der Waals surface area contributed by atoms with Gasteiger partial charge in [0, 0.05) is 16.2 Å². The van der Waals surface area contributed by atoms with Crippen LogP contribution < -0.4 is 5.32 Å². The summed E-state index contributed by atoms with van der Waals surface area (Å²) in [4.78, 5) is 20.4. The van der Waals surface area contributed by atoms with Crippen LogP contribution in [0.4, 0.5) is 22.7 Å². The molecular formula is C13H10BrN3O4. The lowest BCUT2D eigenvalue weighted by Crippen LogP contribution is -1.99. The number of nitro groups is 2. The lowest BCUT2D eigenvalue weighted by atomic mass is 10.2. The number of aryl methyl sites for hydroxylation is 1. The van der Waals surface area contributed by atoms with Crippen LogP contribution in [-0.4, -0.2) is 9.85 Å². The molecule has 0 unspecified atom stereocenters. The number of hydrogen-bond acceptors (Lipinski definition) is 5. The first-order valence-corrected chi connectivity index (χ1v) is 6.64. The van der Waals surface area contributed by atoms with E-state index in [2.05, 4.69) is 21.2 Å². The molecule has 1 N–H and O–H groups in total. The minimum absolute atomic E-state index is 0.196. The Labute approximate surface area is 128 Å². The molecule has 0 aliphatic rings. The minimum atomic E-state index is -0.667. The summed E-state index contributed by atoms with van der Waals surface area (Å²) >= 11 is 3.37. The molecule has 0 spiro atoms. The molecule has 2 aromatic rings. The molecule has 0 radical (unpaired) electrons. The summed E-state index contributed by atoms with van der Waals surface area (Å²) in [6.45, 7) is 1.92. The van der Waals surface area contributed by atoms with Crippen molar-refractivity contribution in [3.8, 4) is 0 Å². The van der Waals surface area contributed by atoms with E-state index in [9.17, 15) is 20.2 Å². The second kappa shape index (κ2) is 5.88. The van der Waals surface area contributed by atoms with E-state index in [1.165, 1.54) is 12.1 Å². The van der Waals surface area contributed by atoms with E-state index in [-0.39, 0.29) is 17.1 Å². The highest BCUT2D eigenvalue weighted by molar-refractivity contribution is 9.10. The zero-order valence-corrected chi connectivity index (χ0v) is 12.5. The van der Waals surface area contributed by atoms with Gasteiger partial charge < -0.3 is 5.32 Å². The zero-order chi connectivity index (χ0) is 15.6. The average Bonchev–Trinajstić information content (AvgIpc) is 2.43. The molecule has 108 valence electrons. The van der Waals surface area contributed by atoms with Crippen molar-refractivity contribution in [3.63, 3.8) is 0 Å². The molecular weight excluding hydrogens is 342 g/mol. The third kappa shape index (κ3) is 3.34. The summed E-state index contributed by atoms with van der Waals surface area (Å²) in [5.74, 6) is 0. The molecule has 0 aliphatic heterocycles. The van der Waals surface area contributed by atoms with Gasteiger partial charge in [-0.1, -0.05) is 22.0 Å². The molecule has 8 heteroatoms. The highest BCUT2D eigenvalue weighted by atomic mass is 79.9. The van der Waals surface area contributed by atoms with Gasteiger partial charge in [-0.05, 0) is 30.7 Å². The van der Waals surface area contributed by atoms with Crippen molar-refractivity contribution in [1.29, 1.82) is 0 Å². The molecule has 2 rings (SSSR count). The third-order valence-electron chi connectivity index (χ3n) is 2.84. The second-order valence-electron chi connectivity index (χ2n) is 4.30. The fraction of sp³-hybridized carbons (Fsp3) is 0.0769. The highest BCUT2D eigenvalue weighted by Gasteiger charge is 2.19. The number of rotatable bonds is 4. The van der Waals surface area contributed by atoms with E-state index in [0.29, 0.717) is 5.69 Å². The molecule has 21 heavy (non-hydrogen) atoms. The van der Waals surface area contributed by atoms with Gasteiger partial charge in [-0.15, -0.1) is 0 Å². The minimum Gasteiger partial charge on any atom is -0.350 e. The van der Waals surface area contributed by atoms with Crippen LogP contribution in [0, 0.1) is 27.2 Å². The Hall–Kier alpha value is -2.48. The fourth-order valence-electron chi connectivity index (χ4n) is 1.72.